The van der Waals surface area contributed by atoms with Crippen LogP contribution in [-0.2, 0) is 4.74 Å². The van der Waals surface area contributed by atoms with Crippen LogP contribution in [0.15, 0.2) is 36.9 Å². The average Bonchev–Trinajstić information content (AvgIpc) is 2.27. The van der Waals surface area contributed by atoms with Gasteiger partial charge in [-0.25, -0.2) is 4.79 Å². The van der Waals surface area contributed by atoms with E-state index in [1.165, 1.54) is 18.2 Å². The molecule has 15 heavy (non-hydrogen) atoms. The molecule has 0 unspecified atom stereocenters. The lowest BCUT2D eigenvalue weighted by Crippen LogP contribution is -2.10. The molecule has 0 bridgehead atoms. The molecule has 1 rings (SSSR count). The van der Waals surface area contributed by atoms with E-state index in [4.69, 9.17) is 4.74 Å². The lowest BCUT2D eigenvalue weighted by molar-refractivity contribution is 0.109. The van der Waals surface area contributed by atoms with Crippen LogP contribution in [0.1, 0.15) is 10.4 Å². The highest BCUT2D eigenvalue weighted by Crippen LogP contribution is 2.11. The SMILES string of the molecule is C=CCOC(=O)Oc1ccc(C=O)cc1. The summed E-state index contributed by atoms with van der Waals surface area (Å²) in [5, 5.41) is 0. The van der Waals surface area contributed by atoms with Gasteiger partial charge < -0.3 is 9.47 Å². The van der Waals surface area contributed by atoms with E-state index in [1.807, 2.05) is 0 Å². The quantitative estimate of drug-likeness (QED) is 0.328. The Labute approximate surface area is 87.1 Å². The number of aldehydes is 1. The van der Waals surface area contributed by atoms with Crippen molar-refractivity contribution in [2.45, 2.75) is 0 Å². The van der Waals surface area contributed by atoms with E-state index in [-0.39, 0.29) is 6.61 Å². The first-order valence-electron chi connectivity index (χ1n) is 4.27. The number of benzene rings is 1. The second-order valence-electron chi connectivity index (χ2n) is 2.64. The van der Waals surface area contributed by atoms with E-state index in [0.717, 1.165) is 0 Å². The number of ether oxygens (including phenoxy) is 2. The van der Waals surface area contributed by atoms with E-state index in [1.54, 1.807) is 12.1 Å². The molecule has 0 atom stereocenters. The van der Waals surface area contributed by atoms with Gasteiger partial charge in [0.05, 0.1) is 0 Å². The minimum absolute atomic E-state index is 0.102. The van der Waals surface area contributed by atoms with Gasteiger partial charge in [0.1, 0.15) is 18.6 Å². The molecule has 0 aromatic heterocycles. The van der Waals surface area contributed by atoms with Crippen LogP contribution in [0.2, 0.25) is 0 Å². The van der Waals surface area contributed by atoms with E-state index in [2.05, 4.69) is 11.3 Å². The summed E-state index contributed by atoms with van der Waals surface area (Å²) in [4.78, 5) is 21.3. The maximum atomic E-state index is 11.0. The van der Waals surface area contributed by atoms with Gasteiger partial charge in [0.2, 0.25) is 0 Å². The molecule has 78 valence electrons. The highest BCUT2D eigenvalue weighted by Gasteiger charge is 2.04. The minimum Gasteiger partial charge on any atom is -0.430 e. The van der Waals surface area contributed by atoms with Gasteiger partial charge >= 0.3 is 6.16 Å². The van der Waals surface area contributed by atoms with Gasteiger partial charge in [-0.15, -0.1) is 0 Å². The lowest BCUT2D eigenvalue weighted by Gasteiger charge is -2.03. The third kappa shape index (κ3) is 3.64. The first-order valence-corrected chi connectivity index (χ1v) is 4.27. The summed E-state index contributed by atoms with van der Waals surface area (Å²) in [6.07, 6.45) is 1.35. The van der Waals surface area contributed by atoms with E-state index < -0.39 is 6.16 Å². The molecule has 0 aliphatic rings. The molecule has 0 fully saturated rings. The largest absolute Gasteiger partial charge is 0.514 e. The molecule has 0 N–H and O–H groups in total. The van der Waals surface area contributed by atoms with Gasteiger partial charge in [0.15, 0.2) is 0 Å². The van der Waals surface area contributed by atoms with Crippen molar-refractivity contribution in [2.75, 3.05) is 6.61 Å². The predicted molar refractivity (Wildman–Crippen MR) is 54.0 cm³/mol. The smallest absolute Gasteiger partial charge is 0.430 e. The molecular weight excluding hydrogens is 196 g/mol. The molecule has 0 saturated heterocycles. The summed E-state index contributed by atoms with van der Waals surface area (Å²) in [6.45, 7) is 3.49. The maximum Gasteiger partial charge on any atom is 0.514 e. The van der Waals surface area contributed by atoms with Crippen LogP contribution < -0.4 is 4.74 Å². The second-order valence-corrected chi connectivity index (χ2v) is 2.64. The van der Waals surface area contributed by atoms with Gasteiger partial charge in [0, 0.05) is 5.56 Å². The van der Waals surface area contributed by atoms with Gasteiger partial charge in [-0.2, -0.15) is 0 Å². The lowest BCUT2D eigenvalue weighted by atomic mass is 10.2. The summed E-state index contributed by atoms with van der Waals surface area (Å²) < 4.78 is 9.39. The van der Waals surface area contributed by atoms with Crippen LogP contribution in [0, 0.1) is 0 Å². The minimum atomic E-state index is -0.797. The highest BCUT2D eigenvalue weighted by molar-refractivity contribution is 5.75. The van der Waals surface area contributed by atoms with Crippen molar-refractivity contribution < 1.29 is 19.1 Å². The molecule has 0 saturated carbocycles. The molecule has 1 aromatic rings. The van der Waals surface area contributed by atoms with Crippen molar-refractivity contribution in [3.8, 4) is 5.75 Å². The Bertz CT molecular complexity index is 353. The van der Waals surface area contributed by atoms with Crippen molar-refractivity contribution >= 4 is 12.4 Å². The fourth-order valence-corrected chi connectivity index (χ4v) is 0.867. The Balaban J connectivity index is 2.53. The molecule has 0 heterocycles. The zero-order valence-electron chi connectivity index (χ0n) is 8.01. The molecule has 0 amide bonds. The van der Waals surface area contributed by atoms with E-state index in [0.29, 0.717) is 17.6 Å². The second kappa shape index (κ2) is 5.59. The fourth-order valence-electron chi connectivity index (χ4n) is 0.867. The average molecular weight is 206 g/mol. The zero-order valence-corrected chi connectivity index (χ0v) is 8.01. The number of hydrogen-bond acceptors (Lipinski definition) is 4. The molecule has 0 radical (unpaired) electrons. The summed E-state index contributed by atoms with van der Waals surface area (Å²) >= 11 is 0. The third-order valence-electron chi connectivity index (χ3n) is 1.54. The molecule has 4 nitrogen and oxygen atoms in total. The van der Waals surface area contributed by atoms with Crippen LogP contribution in [0.25, 0.3) is 0 Å². The fraction of sp³-hybridized carbons (Fsp3) is 0.0909. The number of carbonyl (C=O) groups excluding carboxylic acids is 2. The number of carbonyl (C=O) groups is 2. The Morgan fingerprint density at radius 3 is 2.53 bits per heavy atom. The van der Waals surface area contributed by atoms with Crippen molar-refractivity contribution in [1.29, 1.82) is 0 Å². The Hall–Kier alpha value is -2.10. The molecule has 4 heteroatoms. The summed E-state index contributed by atoms with van der Waals surface area (Å²) in [5.74, 6) is 0.328. The molecule has 1 aromatic carbocycles. The van der Waals surface area contributed by atoms with Crippen molar-refractivity contribution in [3.63, 3.8) is 0 Å². The standard InChI is InChI=1S/C11H10O4/c1-2-7-14-11(13)15-10-5-3-9(8-12)4-6-10/h2-6,8H,1,7H2. The summed E-state index contributed by atoms with van der Waals surface area (Å²) in [6, 6.07) is 6.12. The normalized spacial score (nSPS) is 9.07. The molecule has 0 aliphatic carbocycles. The predicted octanol–water partition coefficient (Wildman–Crippen LogP) is 2.20. The van der Waals surface area contributed by atoms with Crippen LogP contribution in [0.5, 0.6) is 5.75 Å². The highest BCUT2D eigenvalue weighted by atomic mass is 16.7. The third-order valence-corrected chi connectivity index (χ3v) is 1.54. The van der Waals surface area contributed by atoms with Crippen LogP contribution >= 0.6 is 0 Å². The van der Waals surface area contributed by atoms with Crippen molar-refractivity contribution in [1.82, 2.24) is 0 Å². The van der Waals surface area contributed by atoms with E-state index >= 15 is 0 Å². The Kier molecular flexibility index (Phi) is 4.09. The number of hydrogen-bond donors (Lipinski definition) is 0. The van der Waals surface area contributed by atoms with E-state index in [9.17, 15) is 9.59 Å². The topological polar surface area (TPSA) is 52.6 Å². The molecule has 0 spiro atoms. The van der Waals surface area contributed by atoms with Crippen LogP contribution in [0.3, 0.4) is 0 Å². The zero-order chi connectivity index (χ0) is 11.1. The Morgan fingerprint density at radius 1 is 1.33 bits per heavy atom. The maximum absolute atomic E-state index is 11.0. The number of rotatable bonds is 4. The summed E-state index contributed by atoms with van der Waals surface area (Å²) in [5.41, 5.74) is 0.516. The van der Waals surface area contributed by atoms with Gasteiger partial charge in [-0.05, 0) is 24.3 Å². The van der Waals surface area contributed by atoms with Crippen molar-refractivity contribution in [2.24, 2.45) is 0 Å². The summed E-state index contributed by atoms with van der Waals surface area (Å²) in [7, 11) is 0. The van der Waals surface area contributed by atoms with Crippen LogP contribution in [0.4, 0.5) is 4.79 Å². The molecular formula is C11H10O4. The van der Waals surface area contributed by atoms with Crippen LogP contribution in [-0.4, -0.2) is 19.0 Å². The molecule has 0 aliphatic heterocycles. The van der Waals surface area contributed by atoms with Gasteiger partial charge in [-0.3, -0.25) is 4.79 Å². The van der Waals surface area contributed by atoms with Crippen molar-refractivity contribution in [3.05, 3.63) is 42.5 Å². The first kappa shape index (κ1) is 11.0. The van der Waals surface area contributed by atoms with Gasteiger partial charge in [0.25, 0.3) is 0 Å². The Morgan fingerprint density at radius 2 is 2.00 bits per heavy atom. The van der Waals surface area contributed by atoms with Gasteiger partial charge in [-0.1, -0.05) is 12.7 Å². The monoisotopic (exact) mass is 206 g/mol. The first-order chi connectivity index (χ1) is 7.26.